The highest BCUT2D eigenvalue weighted by atomic mass is 15.2. The predicted molar refractivity (Wildman–Crippen MR) is 411 cm³/mol. The summed E-state index contributed by atoms with van der Waals surface area (Å²) >= 11 is 0. The van der Waals surface area contributed by atoms with E-state index in [0.29, 0.717) is 0 Å². The molecule has 0 saturated carbocycles. The van der Waals surface area contributed by atoms with Crippen molar-refractivity contribution in [2.24, 2.45) is 0 Å². The van der Waals surface area contributed by atoms with Crippen molar-refractivity contribution >= 4 is 57.2 Å². The van der Waals surface area contributed by atoms with Gasteiger partial charge < -0.3 is 9.80 Å². The zero-order valence-corrected chi connectivity index (χ0v) is 59.7. The molecule has 0 radical (unpaired) electrons. The number of hydrogen-bond acceptors (Lipinski definition) is 2. The number of fused-ring (bicyclic) bond motifs is 6. The Bertz CT molecular complexity index is 4470. The van der Waals surface area contributed by atoms with Crippen molar-refractivity contribution in [1.82, 2.24) is 0 Å². The van der Waals surface area contributed by atoms with E-state index in [1.165, 1.54) is 156 Å². The minimum Gasteiger partial charge on any atom is -0.311 e. The second kappa shape index (κ2) is 22.9. The fraction of sp³-hybridized carbons (Fsp3) is 0.283. The summed E-state index contributed by atoms with van der Waals surface area (Å²) in [7, 11) is 0. The molecule has 14 rings (SSSR count). The zero-order chi connectivity index (χ0) is 67.1. The number of rotatable bonds is 7. The molecule has 0 saturated heterocycles. The lowest BCUT2D eigenvalue weighted by Gasteiger charge is -2.47. The van der Waals surface area contributed by atoms with E-state index in [9.17, 15) is 0 Å². The molecule has 0 spiro atoms. The van der Waals surface area contributed by atoms with Gasteiger partial charge >= 0.3 is 0 Å². The van der Waals surface area contributed by atoms with Crippen molar-refractivity contribution in [3.8, 4) is 44.5 Å². The van der Waals surface area contributed by atoms with Crippen LogP contribution in [0.3, 0.4) is 0 Å². The number of anilines is 6. The van der Waals surface area contributed by atoms with Crippen molar-refractivity contribution in [3.05, 3.63) is 292 Å². The van der Waals surface area contributed by atoms with Gasteiger partial charge in [0.2, 0.25) is 0 Å². The van der Waals surface area contributed by atoms with Gasteiger partial charge in [-0.2, -0.15) is 0 Å². The van der Waals surface area contributed by atoms with E-state index in [1.807, 2.05) is 0 Å². The van der Waals surface area contributed by atoms with Crippen LogP contribution in [0.1, 0.15) is 192 Å². The smallest absolute Gasteiger partial charge is 0.252 e. The molecule has 0 atom stereocenters. The lowest BCUT2D eigenvalue weighted by Crippen LogP contribution is -2.61. The number of nitrogens with zero attached hydrogens (tertiary/aromatic N) is 2. The van der Waals surface area contributed by atoms with Crippen molar-refractivity contribution in [3.63, 3.8) is 0 Å². The maximum absolute atomic E-state index is 2.79. The molecule has 11 aromatic rings. The first-order chi connectivity index (χ1) is 44.9. The normalized spacial score (nSPS) is 14.1. The molecular weight excluding hydrogens is 1140 g/mol. The molecule has 0 unspecified atom stereocenters. The first-order valence-corrected chi connectivity index (χ1v) is 34.8. The summed E-state index contributed by atoms with van der Waals surface area (Å²) < 4.78 is 0. The van der Waals surface area contributed by atoms with Crippen LogP contribution in [0.5, 0.6) is 0 Å². The number of hydrogen-bond donors (Lipinski definition) is 0. The minimum atomic E-state index is -0.298. The second-order valence-electron chi connectivity index (χ2n) is 33.9. The van der Waals surface area contributed by atoms with E-state index < -0.39 is 0 Å². The average Bonchev–Trinajstić information content (AvgIpc) is 0.678. The summed E-state index contributed by atoms with van der Waals surface area (Å²) in [5, 5.41) is 0. The molecule has 2 nitrogen and oxygen atoms in total. The van der Waals surface area contributed by atoms with Crippen LogP contribution in [0.25, 0.3) is 44.5 Å². The summed E-state index contributed by atoms with van der Waals surface area (Å²) in [5.74, 6) is -0.0620. The van der Waals surface area contributed by atoms with Gasteiger partial charge in [0.05, 0.1) is 11.4 Å². The van der Waals surface area contributed by atoms with E-state index in [4.69, 9.17) is 0 Å². The minimum absolute atomic E-state index is 0.0173. The summed E-state index contributed by atoms with van der Waals surface area (Å²) in [6, 6.07) is 90.5. The van der Waals surface area contributed by atoms with Crippen molar-refractivity contribution in [2.75, 3.05) is 9.80 Å². The van der Waals surface area contributed by atoms with Gasteiger partial charge in [-0.05, 0) is 186 Å². The van der Waals surface area contributed by atoms with E-state index in [2.05, 4.69) is 365 Å². The van der Waals surface area contributed by atoms with Crippen LogP contribution in [-0.4, -0.2) is 6.71 Å². The lowest BCUT2D eigenvalue weighted by molar-refractivity contribution is 0.569. The Hall–Kier alpha value is -8.92. The summed E-state index contributed by atoms with van der Waals surface area (Å²) in [6.07, 6.45) is 0.897. The van der Waals surface area contributed by atoms with Gasteiger partial charge in [-0.15, -0.1) is 0 Å². The molecule has 2 aliphatic heterocycles. The van der Waals surface area contributed by atoms with Gasteiger partial charge in [-0.1, -0.05) is 319 Å². The van der Waals surface area contributed by atoms with Crippen LogP contribution >= 0.6 is 0 Å². The Morgan fingerprint density at radius 2 is 0.642 bits per heavy atom. The third-order valence-corrected chi connectivity index (χ3v) is 20.9. The van der Waals surface area contributed by atoms with Gasteiger partial charge in [0.25, 0.3) is 6.71 Å². The molecule has 0 bridgehead atoms. The van der Waals surface area contributed by atoms with Gasteiger partial charge in [-0.25, -0.2) is 0 Å². The van der Waals surface area contributed by atoms with E-state index in [-0.39, 0.29) is 45.1 Å². The van der Waals surface area contributed by atoms with Crippen LogP contribution in [0.4, 0.5) is 34.1 Å². The molecule has 1 aliphatic carbocycles. The van der Waals surface area contributed by atoms with Gasteiger partial charge in [0, 0.05) is 39.8 Å². The van der Waals surface area contributed by atoms with Crippen LogP contribution in [0.2, 0.25) is 0 Å². The van der Waals surface area contributed by atoms with Crippen LogP contribution in [0, 0.1) is 0 Å². The maximum Gasteiger partial charge on any atom is 0.252 e. The van der Waals surface area contributed by atoms with Crippen LogP contribution < -0.4 is 26.2 Å². The van der Waals surface area contributed by atoms with Crippen molar-refractivity contribution in [1.29, 1.82) is 0 Å². The van der Waals surface area contributed by atoms with Gasteiger partial charge in [0.1, 0.15) is 0 Å². The highest BCUT2D eigenvalue weighted by Crippen LogP contribution is 2.56. The topological polar surface area (TPSA) is 6.48 Å². The van der Waals surface area contributed by atoms with E-state index >= 15 is 0 Å². The number of benzene rings is 11. The first kappa shape index (κ1) is 63.5. The molecule has 3 heteroatoms. The van der Waals surface area contributed by atoms with Crippen molar-refractivity contribution < 1.29 is 0 Å². The molecule has 11 aromatic carbocycles. The highest BCUT2D eigenvalue weighted by Gasteiger charge is 2.47. The monoisotopic (exact) mass is 1240 g/mol. The third kappa shape index (κ3) is 11.4. The molecular formula is C92H95BN2. The van der Waals surface area contributed by atoms with Crippen molar-refractivity contribution in [2.45, 2.75) is 169 Å². The second-order valence-corrected chi connectivity index (χ2v) is 33.9. The first-order valence-electron chi connectivity index (χ1n) is 34.8. The quantitative estimate of drug-likeness (QED) is 0.147. The fourth-order valence-electron chi connectivity index (χ4n) is 15.5. The Labute approximate surface area is 569 Å². The summed E-state index contributed by atoms with van der Waals surface area (Å²) in [6.45, 7) is 42.7. The SMILES string of the molecule is CC(C)(C)c1ccc(-c2cc(C(C)(C)C)cc(C(C)(C)C)c2N2c3ccc(-c4ccccc4)cc3B3c4cc(-c5ccccc5)ccc4N(c4c(-c5ccc(C(C)(C)C)cc5)cc(C(C)(C)C)cc4C(C)(C)C)c4cc(C5c6ccccc6Cc6ccccc65)cc2c43)cc1. The summed E-state index contributed by atoms with van der Waals surface area (Å²) in [4.78, 5) is 5.57. The molecule has 0 fully saturated rings. The standard InChI is InChI=1S/C92H95BN2/c1-87(2,3)67-43-37-60(38-44-67)73-54-69(89(7,8)9)56-75(91(13,14)15)85(73)94-79-47-41-62(58-29-21-19-22-30-58)50-77(79)93-78-51-63(59-31-23-20-24-32-59)42-48-80(78)95(82-53-66(52-81(94)84(82)93)83-71-35-27-25-33-64(71)49-65-34-26-28-36-72(65)83)86-74(61-39-45-68(46-40-61)88(4,5)6)55-70(90(10,11)12)57-76(86)92(16,17)18/h19-48,50-57,83H,49H2,1-18H3. The Kier molecular flexibility index (Phi) is 15.3. The molecule has 2 heterocycles. The Morgan fingerprint density at radius 1 is 0.295 bits per heavy atom. The zero-order valence-electron chi connectivity index (χ0n) is 59.7. The van der Waals surface area contributed by atoms with E-state index in [1.54, 1.807) is 0 Å². The van der Waals surface area contributed by atoms with E-state index in [0.717, 1.165) is 6.42 Å². The molecule has 0 aromatic heterocycles. The fourth-order valence-corrected chi connectivity index (χ4v) is 15.5. The molecule has 0 amide bonds. The largest absolute Gasteiger partial charge is 0.311 e. The molecule has 476 valence electrons. The third-order valence-electron chi connectivity index (χ3n) is 20.9. The van der Waals surface area contributed by atoms with Crippen LogP contribution in [0.15, 0.2) is 231 Å². The molecule has 95 heavy (non-hydrogen) atoms. The molecule has 3 aliphatic rings. The maximum atomic E-state index is 2.79. The predicted octanol–water partition coefficient (Wildman–Crippen LogP) is 23.3. The Morgan fingerprint density at radius 3 is 1.00 bits per heavy atom. The lowest BCUT2D eigenvalue weighted by atomic mass is 9.33. The average molecular weight is 1240 g/mol. The summed E-state index contributed by atoms with van der Waals surface area (Å²) in [5.41, 5.74) is 34.7. The van der Waals surface area contributed by atoms with Gasteiger partial charge in [0.15, 0.2) is 0 Å². The molecule has 0 N–H and O–H groups in total. The Balaban J connectivity index is 1.21. The van der Waals surface area contributed by atoms with Gasteiger partial charge in [-0.3, -0.25) is 0 Å². The highest BCUT2D eigenvalue weighted by molar-refractivity contribution is 7.00. The van der Waals surface area contributed by atoms with Crippen LogP contribution in [-0.2, 0) is 38.9 Å².